The predicted octanol–water partition coefficient (Wildman–Crippen LogP) is 5.49. The van der Waals surface area contributed by atoms with Crippen molar-refractivity contribution in [1.29, 1.82) is 0 Å². The quantitative estimate of drug-likeness (QED) is 0.383. The molecule has 0 aliphatic carbocycles. The highest BCUT2D eigenvalue weighted by molar-refractivity contribution is 7.10. The number of thiophene rings is 1. The Labute approximate surface area is 200 Å². The zero-order valence-electron chi connectivity index (χ0n) is 19.5. The van der Waals surface area contributed by atoms with Crippen LogP contribution in [0.5, 0.6) is 0 Å². The molecule has 0 saturated carbocycles. The summed E-state index contributed by atoms with van der Waals surface area (Å²) in [6.07, 6.45) is 2.73. The van der Waals surface area contributed by atoms with Crippen molar-refractivity contribution in [2.45, 2.75) is 39.7 Å². The van der Waals surface area contributed by atoms with Gasteiger partial charge in [-0.15, -0.1) is 11.3 Å². The Bertz CT molecular complexity index is 1330. The molecule has 4 aromatic heterocycles. The fraction of sp³-hybridized carbons (Fsp3) is 0.333. The van der Waals surface area contributed by atoms with Gasteiger partial charge in [0.25, 0.3) is 5.91 Å². The Morgan fingerprint density at radius 2 is 1.97 bits per heavy atom. The van der Waals surface area contributed by atoms with E-state index in [2.05, 4.69) is 15.2 Å². The fourth-order valence-electron chi connectivity index (χ4n) is 4.15. The van der Waals surface area contributed by atoms with Gasteiger partial charge in [-0.1, -0.05) is 19.0 Å². The van der Waals surface area contributed by atoms with Gasteiger partial charge in [0, 0.05) is 47.8 Å². The molecule has 0 fully saturated rings. The van der Waals surface area contributed by atoms with Crippen LogP contribution in [0.15, 0.2) is 40.5 Å². The van der Waals surface area contributed by atoms with Gasteiger partial charge in [0.15, 0.2) is 5.82 Å². The Kier molecular flexibility index (Phi) is 6.60. The molecule has 1 aliphatic heterocycles. The van der Waals surface area contributed by atoms with Crippen molar-refractivity contribution in [2.75, 3.05) is 6.54 Å². The van der Waals surface area contributed by atoms with Crippen LogP contribution in [0.2, 0.25) is 0 Å². The summed E-state index contributed by atoms with van der Waals surface area (Å²) in [5.41, 5.74) is 3.04. The number of carbonyl (C=O) groups is 1. The monoisotopic (exact) mass is 485 g/mol. The molecule has 7 nitrogen and oxygen atoms in total. The number of carbonyl (C=O) groups excluding carboxylic acids is 1. The number of aromatic nitrogens is 4. The van der Waals surface area contributed by atoms with Gasteiger partial charge in [-0.25, -0.2) is 13.8 Å². The van der Waals surface area contributed by atoms with Gasteiger partial charge in [0.05, 0.1) is 18.4 Å². The van der Waals surface area contributed by atoms with Gasteiger partial charge in [-0.05, 0) is 30.9 Å². The topological polar surface area (TPSA) is 77.1 Å². The Morgan fingerprint density at radius 1 is 1.21 bits per heavy atom. The van der Waals surface area contributed by atoms with Gasteiger partial charge >= 0.3 is 0 Å². The second kappa shape index (κ2) is 9.46. The van der Waals surface area contributed by atoms with E-state index in [1.165, 1.54) is 10.9 Å². The number of pyridine rings is 1. The van der Waals surface area contributed by atoms with Crippen LogP contribution in [-0.2, 0) is 7.05 Å². The number of fused-ring (bicyclic) bond motifs is 1. The van der Waals surface area contributed by atoms with E-state index < -0.39 is 11.6 Å². The van der Waals surface area contributed by atoms with Gasteiger partial charge in [-0.2, -0.15) is 5.10 Å². The maximum Gasteiger partial charge on any atom is 0.293 e. The predicted molar refractivity (Wildman–Crippen MR) is 125 cm³/mol. The van der Waals surface area contributed by atoms with Crippen LogP contribution in [0.3, 0.4) is 0 Å². The average molecular weight is 486 g/mol. The average Bonchev–Trinajstić information content (AvgIpc) is 3.57. The van der Waals surface area contributed by atoms with E-state index in [1.807, 2.05) is 57.1 Å². The number of halogens is 2. The van der Waals surface area contributed by atoms with Crippen LogP contribution in [0.4, 0.5) is 8.78 Å². The van der Waals surface area contributed by atoms with Gasteiger partial charge in [0.1, 0.15) is 17.2 Å². The summed E-state index contributed by atoms with van der Waals surface area (Å²) in [6, 6.07) is 3.91. The van der Waals surface area contributed by atoms with E-state index in [9.17, 15) is 13.6 Å². The van der Waals surface area contributed by atoms with E-state index in [4.69, 9.17) is 4.52 Å². The molecule has 34 heavy (non-hydrogen) atoms. The normalized spacial score (nSPS) is 17.2. The molecule has 0 saturated heterocycles. The first-order valence-electron chi connectivity index (χ1n) is 11.0. The first-order valence-corrected chi connectivity index (χ1v) is 11.9. The smallest absolute Gasteiger partial charge is 0.293 e. The van der Waals surface area contributed by atoms with E-state index in [0.717, 1.165) is 23.0 Å². The molecule has 0 bridgehead atoms. The zero-order valence-corrected chi connectivity index (χ0v) is 20.4. The lowest BCUT2D eigenvalue weighted by Gasteiger charge is -2.37. The largest absolute Gasteiger partial charge is 0.350 e. The van der Waals surface area contributed by atoms with Gasteiger partial charge in [-0.3, -0.25) is 9.48 Å². The number of rotatable bonds is 3. The Balaban J connectivity index is 0.00000133. The van der Waals surface area contributed by atoms with E-state index in [-0.39, 0.29) is 35.0 Å². The highest BCUT2D eigenvalue weighted by atomic mass is 32.1. The van der Waals surface area contributed by atoms with E-state index in [1.54, 1.807) is 16.2 Å². The SMILES string of the molecule is CC.Cc1c(C2CN(C(=O)c3cc(-c4ncc(F)cc4F)no3)C(C)c3ccsc32)cnn1C. The molecule has 1 aliphatic rings. The summed E-state index contributed by atoms with van der Waals surface area (Å²) in [4.78, 5) is 20.1. The second-order valence-electron chi connectivity index (χ2n) is 7.80. The molecule has 10 heteroatoms. The number of nitrogens with zero attached hydrogens (tertiary/aromatic N) is 5. The summed E-state index contributed by atoms with van der Waals surface area (Å²) < 4.78 is 34.3. The molecule has 2 unspecified atom stereocenters. The molecule has 4 aromatic rings. The molecule has 5 rings (SSSR count). The van der Waals surface area contributed by atoms with E-state index in [0.29, 0.717) is 12.6 Å². The van der Waals surface area contributed by atoms with Crippen molar-refractivity contribution in [3.63, 3.8) is 0 Å². The molecule has 0 aromatic carbocycles. The fourth-order valence-corrected chi connectivity index (χ4v) is 5.25. The summed E-state index contributed by atoms with van der Waals surface area (Å²) >= 11 is 1.67. The lowest BCUT2D eigenvalue weighted by atomic mass is 9.88. The minimum atomic E-state index is -0.876. The molecule has 0 N–H and O–H groups in total. The maximum absolute atomic E-state index is 14.1. The third kappa shape index (κ3) is 4.02. The maximum atomic E-state index is 14.1. The highest BCUT2D eigenvalue weighted by Crippen LogP contribution is 2.43. The van der Waals surface area contributed by atoms with Gasteiger partial charge < -0.3 is 9.42 Å². The first kappa shape index (κ1) is 23.7. The number of hydrogen-bond acceptors (Lipinski definition) is 6. The highest BCUT2D eigenvalue weighted by Gasteiger charge is 2.38. The summed E-state index contributed by atoms with van der Waals surface area (Å²) in [6.45, 7) is 8.42. The molecule has 178 valence electrons. The standard InChI is InChI=1S/C22H19F2N5O2S.C2H6/c1-11-15(9-26-28(11)3)16-10-29(12(2)14-4-5-32-21(14)16)22(30)19-7-18(27-31-19)20-17(24)6-13(23)8-25-20;1-2/h4-9,12,16H,10H2,1-3H3;1-2H3. The van der Waals surface area contributed by atoms with Crippen molar-refractivity contribution in [2.24, 2.45) is 7.05 Å². The van der Waals surface area contributed by atoms with Crippen molar-refractivity contribution >= 4 is 17.2 Å². The minimum Gasteiger partial charge on any atom is -0.350 e. The molecular formula is C24H25F2N5O2S. The van der Waals surface area contributed by atoms with Crippen molar-refractivity contribution in [3.8, 4) is 11.4 Å². The molecule has 2 atom stereocenters. The van der Waals surface area contributed by atoms with Crippen LogP contribution in [0, 0.1) is 18.6 Å². The first-order chi connectivity index (χ1) is 16.3. The van der Waals surface area contributed by atoms with Crippen LogP contribution >= 0.6 is 11.3 Å². The Hall–Kier alpha value is -3.40. The van der Waals surface area contributed by atoms with Crippen LogP contribution in [0.25, 0.3) is 11.4 Å². The zero-order chi connectivity index (χ0) is 24.6. The second-order valence-corrected chi connectivity index (χ2v) is 8.74. The van der Waals surface area contributed by atoms with Crippen molar-refractivity contribution in [1.82, 2.24) is 24.8 Å². The summed E-state index contributed by atoms with van der Waals surface area (Å²) in [5.74, 6) is -2.08. The van der Waals surface area contributed by atoms with Gasteiger partial charge in [0.2, 0.25) is 5.76 Å². The van der Waals surface area contributed by atoms with Crippen LogP contribution in [0.1, 0.15) is 65.0 Å². The third-order valence-electron chi connectivity index (χ3n) is 6.02. The lowest BCUT2D eigenvalue weighted by molar-refractivity contribution is 0.0624. The number of aryl methyl sites for hydroxylation is 1. The number of hydrogen-bond donors (Lipinski definition) is 0. The molecule has 5 heterocycles. The van der Waals surface area contributed by atoms with Crippen LogP contribution < -0.4 is 0 Å². The van der Waals surface area contributed by atoms with Crippen LogP contribution in [-0.4, -0.2) is 37.3 Å². The summed E-state index contributed by atoms with van der Waals surface area (Å²) in [5, 5.41) is 10.2. The third-order valence-corrected chi connectivity index (χ3v) is 7.07. The molecule has 0 spiro atoms. The summed E-state index contributed by atoms with van der Waals surface area (Å²) in [7, 11) is 1.89. The Morgan fingerprint density at radius 3 is 2.65 bits per heavy atom. The van der Waals surface area contributed by atoms with Crippen molar-refractivity contribution in [3.05, 3.63) is 75.1 Å². The van der Waals surface area contributed by atoms with E-state index >= 15 is 0 Å². The van der Waals surface area contributed by atoms with Crippen molar-refractivity contribution < 1.29 is 18.1 Å². The minimum absolute atomic E-state index is 0.0162. The molecular weight excluding hydrogens is 460 g/mol. The lowest BCUT2D eigenvalue weighted by Crippen LogP contribution is -2.40. The number of amides is 1. The molecule has 1 amide bonds. The molecule has 0 radical (unpaired) electrons.